The Bertz CT molecular complexity index is 1110. The van der Waals surface area contributed by atoms with Crippen molar-refractivity contribution in [2.45, 2.75) is 70.7 Å². The normalized spacial score (nSPS) is 22.1. The van der Waals surface area contributed by atoms with Crippen molar-refractivity contribution in [2.24, 2.45) is 0 Å². The second kappa shape index (κ2) is 7.77. The van der Waals surface area contributed by atoms with Gasteiger partial charge in [0.15, 0.2) is 0 Å². The molecular weight excluding hydrogens is 451 g/mol. The highest BCUT2D eigenvalue weighted by Gasteiger charge is 2.51. The van der Waals surface area contributed by atoms with Gasteiger partial charge in [-0.15, -0.1) is 0 Å². The van der Waals surface area contributed by atoms with Crippen LogP contribution in [0.5, 0.6) is 0 Å². The molecule has 0 unspecified atom stereocenters. The average molecular weight is 481 g/mol. The number of H-pyrrole nitrogens is 1. The summed E-state index contributed by atoms with van der Waals surface area (Å²) >= 11 is 3.62. The molecule has 0 radical (unpaired) electrons. The minimum atomic E-state index is -0.324. The van der Waals surface area contributed by atoms with Crippen LogP contribution in [0.3, 0.4) is 0 Å². The van der Waals surface area contributed by atoms with Crippen molar-refractivity contribution in [1.82, 2.24) is 10.3 Å². The lowest BCUT2D eigenvalue weighted by Crippen LogP contribution is -2.41. The van der Waals surface area contributed by atoms with E-state index in [9.17, 15) is 0 Å². The molecule has 2 heterocycles. The van der Waals surface area contributed by atoms with Crippen LogP contribution in [0.1, 0.15) is 63.4 Å². The van der Waals surface area contributed by atoms with Crippen LogP contribution in [-0.2, 0) is 22.3 Å². The first-order chi connectivity index (χ1) is 14.7. The maximum absolute atomic E-state index is 6.24. The van der Waals surface area contributed by atoms with E-state index in [0.29, 0.717) is 6.04 Å². The lowest BCUT2D eigenvalue weighted by molar-refractivity contribution is 0.00578. The third kappa shape index (κ3) is 3.88. The molecule has 2 N–H and O–H groups in total. The molecule has 2 aromatic carbocycles. The molecule has 0 amide bonds. The van der Waals surface area contributed by atoms with Gasteiger partial charge in [0.2, 0.25) is 0 Å². The van der Waals surface area contributed by atoms with E-state index in [4.69, 9.17) is 9.31 Å². The second-order valence-electron chi connectivity index (χ2n) is 9.87. The maximum Gasteiger partial charge on any atom is 0.494 e. The van der Waals surface area contributed by atoms with E-state index >= 15 is 0 Å². The smallest absolute Gasteiger partial charge is 0.399 e. The Kier molecular flexibility index (Phi) is 5.33. The molecule has 6 heteroatoms. The van der Waals surface area contributed by atoms with E-state index < -0.39 is 0 Å². The summed E-state index contributed by atoms with van der Waals surface area (Å²) in [7, 11) is -0.321. The second-order valence-corrected chi connectivity index (χ2v) is 10.8. The summed E-state index contributed by atoms with van der Waals surface area (Å²) in [5, 5.41) is 5.14. The summed E-state index contributed by atoms with van der Waals surface area (Å²) in [5.41, 5.74) is 5.72. The minimum Gasteiger partial charge on any atom is -0.399 e. The molecule has 1 fully saturated rings. The number of benzene rings is 2. The Morgan fingerprint density at radius 3 is 2.65 bits per heavy atom. The molecule has 0 saturated carbocycles. The molecule has 2 aliphatic rings. The van der Waals surface area contributed by atoms with Gasteiger partial charge in [-0.2, -0.15) is 0 Å². The van der Waals surface area contributed by atoms with Gasteiger partial charge in [-0.25, -0.2) is 0 Å². The van der Waals surface area contributed by atoms with Crippen LogP contribution in [0.15, 0.2) is 46.9 Å². The maximum atomic E-state index is 6.24. The molecule has 1 saturated heterocycles. The molecule has 1 aliphatic carbocycles. The monoisotopic (exact) mass is 480 g/mol. The van der Waals surface area contributed by atoms with Gasteiger partial charge in [-0.05, 0) is 81.7 Å². The van der Waals surface area contributed by atoms with Gasteiger partial charge in [0, 0.05) is 33.7 Å². The summed E-state index contributed by atoms with van der Waals surface area (Å²) in [6.45, 7) is 9.20. The molecular formula is C25H30BBrN2O2. The largest absolute Gasteiger partial charge is 0.494 e. The van der Waals surface area contributed by atoms with Gasteiger partial charge >= 0.3 is 7.12 Å². The van der Waals surface area contributed by atoms with Crippen LogP contribution in [0.2, 0.25) is 0 Å². The molecule has 3 aromatic rings. The quantitative estimate of drug-likeness (QED) is 0.491. The molecule has 5 rings (SSSR count). The Labute approximate surface area is 193 Å². The first-order valence-corrected chi connectivity index (χ1v) is 12.0. The van der Waals surface area contributed by atoms with Gasteiger partial charge in [0.1, 0.15) is 0 Å². The van der Waals surface area contributed by atoms with Crippen molar-refractivity contribution in [2.75, 3.05) is 0 Å². The number of hydrogen-bond acceptors (Lipinski definition) is 3. The van der Waals surface area contributed by atoms with Crippen LogP contribution in [0.4, 0.5) is 0 Å². The highest BCUT2D eigenvalue weighted by Crippen LogP contribution is 2.37. The molecule has 1 atom stereocenters. The Balaban J connectivity index is 1.33. The van der Waals surface area contributed by atoms with Crippen LogP contribution < -0.4 is 10.8 Å². The number of halogens is 1. The van der Waals surface area contributed by atoms with E-state index in [-0.39, 0.29) is 18.3 Å². The number of aromatic nitrogens is 1. The molecule has 162 valence electrons. The van der Waals surface area contributed by atoms with Crippen molar-refractivity contribution < 1.29 is 9.31 Å². The predicted octanol–water partition coefficient (Wildman–Crippen LogP) is 5.40. The third-order valence-corrected chi connectivity index (χ3v) is 7.69. The van der Waals surface area contributed by atoms with Crippen molar-refractivity contribution in [1.29, 1.82) is 0 Å². The number of nitrogens with one attached hydrogen (secondary N) is 2. The lowest BCUT2D eigenvalue weighted by Gasteiger charge is -2.32. The van der Waals surface area contributed by atoms with E-state index in [1.807, 2.05) is 0 Å². The van der Waals surface area contributed by atoms with Crippen LogP contribution in [0, 0.1) is 0 Å². The van der Waals surface area contributed by atoms with E-state index in [2.05, 4.69) is 96.4 Å². The molecule has 31 heavy (non-hydrogen) atoms. The Morgan fingerprint density at radius 2 is 1.87 bits per heavy atom. The predicted molar refractivity (Wildman–Crippen MR) is 131 cm³/mol. The summed E-state index contributed by atoms with van der Waals surface area (Å²) in [6, 6.07) is 15.4. The Hall–Kier alpha value is -1.60. The van der Waals surface area contributed by atoms with E-state index in [1.165, 1.54) is 34.1 Å². The number of aryl methyl sites for hydroxylation is 1. The number of rotatable bonds is 4. The topological polar surface area (TPSA) is 46.3 Å². The fourth-order valence-electron chi connectivity index (χ4n) is 4.71. The summed E-state index contributed by atoms with van der Waals surface area (Å²) in [5.74, 6) is 0. The average Bonchev–Trinajstić information content (AvgIpc) is 3.20. The zero-order chi connectivity index (χ0) is 21.8. The summed E-state index contributed by atoms with van der Waals surface area (Å²) in [6.07, 6.45) is 3.50. The van der Waals surface area contributed by atoms with Crippen molar-refractivity contribution in [3.63, 3.8) is 0 Å². The summed E-state index contributed by atoms with van der Waals surface area (Å²) < 4.78 is 13.6. The molecule has 0 spiro atoms. The number of hydrogen-bond donors (Lipinski definition) is 2. The first-order valence-electron chi connectivity index (χ1n) is 11.2. The van der Waals surface area contributed by atoms with Gasteiger partial charge < -0.3 is 19.6 Å². The zero-order valence-corrected chi connectivity index (χ0v) is 20.3. The highest BCUT2D eigenvalue weighted by atomic mass is 79.9. The van der Waals surface area contributed by atoms with Gasteiger partial charge in [-0.3, -0.25) is 0 Å². The molecule has 1 aromatic heterocycles. The fraction of sp³-hybridized carbons (Fsp3) is 0.440. The fourth-order valence-corrected chi connectivity index (χ4v) is 5.07. The molecule has 4 nitrogen and oxygen atoms in total. The molecule has 0 bridgehead atoms. The summed E-state index contributed by atoms with van der Waals surface area (Å²) in [4.78, 5) is 3.68. The third-order valence-electron chi connectivity index (χ3n) is 7.20. The van der Waals surface area contributed by atoms with Crippen molar-refractivity contribution >= 4 is 39.4 Å². The molecule has 1 aliphatic heterocycles. The standard InChI is InChI=1S/C25H30BBrN2O2/c1-24(2)25(3,4)31-26(30-24)17-8-5-7-16(13-17)15-28-22-10-6-9-19-20-14-18(27)11-12-21(20)29-23(19)22/h5,7-8,11-14,22,28-29H,6,9-10,15H2,1-4H3/t22-/m1/s1. The van der Waals surface area contributed by atoms with E-state index in [1.54, 1.807) is 0 Å². The van der Waals surface area contributed by atoms with Crippen molar-refractivity contribution in [3.8, 4) is 0 Å². The van der Waals surface area contributed by atoms with Crippen LogP contribution >= 0.6 is 15.9 Å². The van der Waals surface area contributed by atoms with Gasteiger partial charge in [-0.1, -0.05) is 40.2 Å². The Morgan fingerprint density at radius 1 is 1.10 bits per heavy atom. The van der Waals surface area contributed by atoms with Crippen LogP contribution in [0.25, 0.3) is 10.9 Å². The highest BCUT2D eigenvalue weighted by molar-refractivity contribution is 9.10. The SMILES string of the molecule is CC1(C)OB(c2cccc(CN[C@@H]3CCCc4c3[nH]c3ccc(Br)cc43)c2)OC1(C)C. The van der Waals surface area contributed by atoms with Crippen LogP contribution in [-0.4, -0.2) is 23.3 Å². The van der Waals surface area contributed by atoms with Gasteiger partial charge in [0.05, 0.1) is 11.2 Å². The number of fused-ring (bicyclic) bond motifs is 3. The number of aromatic amines is 1. The van der Waals surface area contributed by atoms with Crippen molar-refractivity contribution in [3.05, 3.63) is 63.8 Å². The van der Waals surface area contributed by atoms with Gasteiger partial charge in [0.25, 0.3) is 0 Å². The minimum absolute atomic E-state index is 0.321. The lowest BCUT2D eigenvalue weighted by atomic mass is 9.78. The zero-order valence-electron chi connectivity index (χ0n) is 18.7. The van der Waals surface area contributed by atoms with E-state index in [0.717, 1.165) is 29.3 Å². The first kappa shape index (κ1) is 21.3.